The number of aromatic nitrogens is 2. The molecule has 2 aromatic heterocycles. The number of pyridine rings is 1. The summed E-state index contributed by atoms with van der Waals surface area (Å²) in [5.41, 5.74) is 3.37. The molecule has 0 radical (unpaired) electrons. The van der Waals surface area contributed by atoms with Crippen LogP contribution in [0.5, 0.6) is 0 Å². The fourth-order valence-corrected chi connectivity index (χ4v) is 2.62. The molecule has 0 aliphatic rings. The zero-order valence-corrected chi connectivity index (χ0v) is 15.9. The van der Waals surface area contributed by atoms with Gasteiger partial charge in [-0.25, -0.2) is 4.79 Å². The van der Waals surface area contributed by atoms with Crippen molar-refractivity contribution in [3.63, 3.8) is 0 Å². The van der Waals surface area contributed by atoms with Gasteiger partial charge in [0.05, 0.1) is 30.6 Å². The van der Waals surface area contributed by atoms with Gasteiger partial charge in [0, 0.05) is 17.1 Å². The maximum absolute atomic E-state index is 11.5. The number of ether oxygens (including phenoxy) is 1. The van der Waals surface area contributed by atoms with Crippen LogP contribution >= 0.6 is 0 Å². The highest BCUT2D eigenvalue weighted by molar-refractivity contribution is 6.13. The first-order valence-electron chi connectivity index (χ1n) is 9.37. The number of hydrogen-bond acceptors (Lipinski definition) is 5. The molecular formula is C21H24N4O3. The fraction of sp³-hybridized carbons (Fsp3) is 0.286. The van der Waals surface area contributed by atoms with Crippen molar-refractivity contribution in [2.75, 3.05) is 19.8 Å². The molecule has 1 amide bonds. The Kier molecular flexibility index (Phi) is 7.01. The average Bonchev–Trinajstić information content (AvgIpc) is 3.15. The van der Waals surface area contributed by atoms with Gasteiger partial charge in [-0.15, -0.1) is 0 Å². The van der Waals surface area contributed by atoms with Crippen molar-refractivity contribution in [1.29, 1.82) is 0 Å². The van der Waals surface area contributed by atoms with Crippen LogP contribution in [-0.2, 0) is 9.57 Å². The van der Waals surface area contributed by atoms with Gasteiger partial charge in [-0.1, -0.05) is 48.8 Å². The summed E-state index contributed by atoms with van der Waals surface area (Å²) in [7, 11) is 0. The number of nitrogens with zero attached hydrogens (tertiary/aromatic N) is 2. The number of hydrogen-bond donors (Lipinski definition) is 2. The number of amides is 1. The highest BCUT2D eigenvalue weighted by Gasteiger charge is 2.11. The van der Waals surface area contributed by atoms with E-state index in [4.69, 9.17) is 9.57 Å². The summed E-state index contributed by atoms with van der Waals surface area (Å²) >= 11 is 0. The van der Waals surface area contributed by atoms with E-state index in [0.717, 1.165) is 35.0 Å². The standard InChI is InChI=1S/C21H24N4O3/c1-2-3-12-27-21(26)23-11-13-28-25-20(16-7-5-4-6-8-16)18-14-17-9-10-22-15-19(17)24-18/h4-10,14-15,24H,2-3,11-13H2,1H3,(H,23,26). The lowest BCUT2D eigenvalue weighted by Crippen LogP contribution is -2.28. The summed E-state index contributed by atoms with van der Waals surface area (Å²) in [4.78, 5) is 24.4. The molecule has 2 N–H and O–H groups in total. The SMILES string of the molecule is CCCCOC(=O)NCCON=C(c1ccccc1)c1cc2ccncc2[nH]1. The zero-order chi connectivity index (χ0) is 19.6. The Morgan fingerprint density at radius 2 is 2.07 bits per heavy atom. The highest BCUT2D eigenvalue weighted by atomic mass is 16.6. The number of benzene rings is 1. The maximum Gasteiger partial charge on any atom is 0.407 e. The Morgan fingerprint density at radius 1 is 1.21 bits per heavy atom. The summed E-state index contributed by atoms with van der Waals surface area (Å²) < 4.78 is 5.03. The minimum Gasteiger partial charge on any atom is -0.450 e. The molecule has 0 bridgehead atoms. The molecule has 146 valence electrons. The van der Waals surface area contributed by atoms with Crippen molar-refractivity contribution in [2.24, 2.45) is 5.16 Å². The molecule has 0 aliphatic heterocycles. The molecule has 7 heteroatoms. The van der Waals surface area contributed by atoms with Crippen LogP contribution in [0.15, 0.2) is 60.0 Å². The van der Waals surface area contributed by atoms with Crippen molar-refractivity contribution in [3.8, 4) is 0 Å². The van der Waals surface area contributed by atoms with E-state index in [-0.39, 0.29) is 6.61 Å². The number of carbonyl (C=O) groups excluding carboxylic acids is 1. The van der Waals surface area contributed by atoms with E-state index in [1.54, 1.807) is 12.4 Å². The van der Waals surface area contributed by atoms with Crippen LogP contribution in [0.1, 0.15) is 31.0 Å². The quantitative estimate of drug-likeness (QED) is 0.335. The maximum atomic E-state index is 11.5. The molecule has 0 spiro atoms. The predicted molar refractivity (Wildman–Crippen MR) is 108 cm³/mol. The number of aromatic amines is 1. The molecule has 3 aromatic rings. The normalized spacial score (nSPS) is 11.4. The van der Waals surface area contributed by atoms with E-state index in [1.807, 2.05) is 49.4 Å². The predicted octanol–water partition coefficient (Wildman–Crippen LogP) is 3.86. The Bertz CT molecular complexity index is 889. The summed E-state index contributed by atoms with van der Waals surface area (Å²) in [6.07, 6.45) is 4.93. The molecule has 2 heterocycles. The zero-order valence-electron chi connectivity index (χ0n) is 15.9. The number of fused-ring (bicyclic) bond motifs is 1. The Labute approximate surface area is 163 Å². The second kappa shape index (κ2) is 10.1. The van der Waals surface area contributed by atoms with Crippen LogP contribution in [0.4, 0.5) is 4.79 Å². The second-order valence-corrected chi connectivity index (χ2v) is 6.20. The molecular weight excluding hydrogens is 356 g/mol. The molecule has 0 atom stereocenters. The van der Waals surface area contributed by atoms with E-state index < -0.39 is 6.09 Å². The van der Waals surface area contributed by atoms with Gasteiger partial charge in [-0.2, -0.15) is 0 Å². The van der Waals surface area contributed by atoms with Gasteiger partial charge in [0.15, 0.2) is 0 Å². The lowest BCUT2D eigenvalue weighted by Gasteiger charge is -2.07. The van der Waals surface area contributed by atoms with Crippen molar-refractivity contribution < 1.29 is 14.4 Å². The molecule has 0 saturated carbocycles. The number of unbranched alkanes of at least 4 members (excludes halogenated alkanes) is 1. The number of alkyl carbamates (subject to hydrolysis) is 1. The van der Waals surface area contributed by atoms with Crippen molar-refractivity contribution in [1.82, 2.24) is 15.3 Å². The van der Waals surface area contributed by atoms with Gasteiger partial charge in [-0.3, -0.25) is 4.98 Å². The van der Waals surface area contributed by atoms with Crippen LogP contribution in [0.3, 0.4) is 0 Å². The third-order valence-electron chi connectivity index (χ3n) is 4.08. The van der Waals surface area contributed by atoms with Crippen molar-refractivity contribution >= 4 is 22.7 Å². The van der Waals surface area contributed by atoms with Gasteiger partial charge in [0.25, 0.3) is 0 Å². The summed E-state index contributed by atoms with van der Waals surface area (Å²) in [5.74, 6) is 0. The van der Waals surface area contributed by atoms with Gasteiger partial charge in [-0.05, 0) is 18.6 Å². The third-order valence-corrected chi connectivity index (χ3v) is 4.08. The molecule has 7 nitrogen and oxygen atoms in total. The molecule has 0 unspecified atom stereocenters. The first-order valence-corrected chi connectivity index (χ1v) is 9.37. The molecule has 28 heavy (non-hydrogen) atoms. The van der Waals surface area contributed by atoms with Crippen LogP contribution in [0.2, 0.25) is 0 Å². The minimum atomic E-state index is -0.438. The monoisotopic (exact) mass is 380 g/mol. The van der Waals surface area contributed by atoms with Crippen molar-refractivity contribution in [3.05, 3.63) is 66.1 Å². The second-order valence-electron chi connectivity index (χ2n) is 6.20. The Morgan fingerprint density at radius 3 is 2.86 bits per heavy atom. The minimum absolute atomic E-state index is 0.237. The van der Waals surface area contributed by atoms with Crippen molar-refractivity contribution in [2.45, 2.75) is 19.8 Å². The van der Waals surface area contributed by atoms with E-state index >= 15 is 0 Å². The van der Waals surface area contributed by atoms with E-state index in [9.17, 15) is 4.79 Å². The van der Waals surface area contributed by atoms with Crippen LogP contribution < -0.4 is 5.32 Å². The van der Waals surface area contributed by atoms with Crippen LogP contribution in [0, 0.1) is 0 Å². The summed E-state index contributed by atoms with van der Waals surface area (Å²) in [5, 5.41) is 8.00. The largest absolute Gasteiger partial charge is 0.450 e. The van der Waals surface area contributed by atoms with Crippen LogP contribution in [-0.4, -0.2) is 41.5 Å². The van der Waals surface area contributed by atoms with Gasteiger partial charge in [0.2, 0.25) is 0 Å². The fourth-order valence-electron chi connectivity index (χ4n) is 2.62. The smallest absolute Gasteiger partial charge is 0.407 e. The Hall–Kier alpha value is -3.35. The number of carbonyl (C=O) groups is 1. The first kappa shape index (κ1) is 19.4. The Balaban J connectivity index is 1.64. The first-order chi connectivity index (χ1) is 13.8. The molecule has 0 saturated heterocycles. The number of rotatable bonds is 9. The average molecular weight is 380 g/mol. The number of oxime groups is 1. The number of H-pyrrole nitrogens is 1. The molecule has 0 fully saturated rings. The van der Waals surface area contributed by atoms with Crippen LogP contribution in [0.25, 0.3) is 10.9 Å². The van der Waals surface area contributed by atoms with Gasteiger partial charge in [0.1, 0.15) is 12.3 Å². The highest BCUT2D eigenvalue weighted by Crippen LogP contribution is 2.17. The van der Waals surface area contributed by atoms with E-state index in [2.05, 4.69) is 20.4 Å². The summed E-state index contributed by atoms with van der Waals surface area (Å²) in [6, 6.07) is 13.7. The number of nitrogens with one attached hydrogen (secondary N) is 2. The third kappa shape index (κ3) is 5.33. The lowest BCUT2D eigenvalue weighted by molar-refractivity contribution is 0.126. The molecule has 0 aliphatic carbocycles. The lowest BCUT2D eigenvalue weighted by atomic mass is 10.1. The van der Waals surface area contributed by atoms with Gasteiger partial charge >= 0.3 is 6.09 Å². The van der Waals surface area contributed by atoms with E-state index in [1.165, 1.54) is 0 Å². The summed E-state index contributed by atoms with van der Waals surface area (Å²) in [6.45, 7) is 3.02. The molecule has 3 rings (SSSR count). The van der Waals surface area contributed by atoms with E-state index in [0.29, 0.717) is 18.9 Å². The topological polar surface area (TPSA) is 88.6 Å². The molecule has 1 aromatic carbocycles. The van der Waals surface area contributed by atoms with Gasteiger partial charge < -0.3 is 19.9 Å².